The van der Waals surface area contributed by atoms with Crippen molar-refractivity contribution in [2.24, 2.45) is 11.8 Å². The Morgan fingerprint density at radius 2 is 1.88 bits per heavy atom. The van der Waals surface area contributed by atoms with Crippen LogP contribution in [0.3, 0.4) is 0 Å². The molecule has 1 aliphatic rings. The van der Waals surface area contributed by atoms with Gasteiger partial charge in [0, 0.05) is 6.54 Å². The first-order chi connectivity index (χ1) is 7.22. The second-order valence-corrected chi connectivity index (χ2v) is 5.27. The molecule has 3 heteroatoms. The Bertz CT molecular complexity index is 156. The predicted molar refractivity (Wildman–Crippen MR) is 74.4 cm³/mol. The van der Waals surface area contributed by atoms with E-state index in [1.807, 2.05) is 0 Å². The molecule has 0 unspecified atom stereocenters. The second kappa shape index (κ2) is 9.26. The molecule has 0 aromatic carbocycles. The van der Waals surface area contributed by atoms with Crippen molar-refractivity contribution in [2.75, 3.05) is 32.7 Å². The van der Waals surface area contributed by atoms with Crippen LogP contribution >= 0.6 is 12.4 Å². The molecule has 0 aromatic rings. The minimum Gasteiger partial charge on any atom is -0.317 e. The van der Waals surface area contributed by atoms with Gasteiger partial charge in [-0.05, 0) is 57.3 Å². The zero-order chi connectivity index (χ0) is 11.1. The van der Waals surface area contributed by atoms with E-state index < -0.39 is 0 Å². The smallest absolute Gasteiger partial charge is 0.000427 e. The summed E-state index contributed by atoms with van der Waals surface area (Å²) in [5, 5.41) is 3.43. The Balaban J connectivity index is 0.00000225. The normalized spacial score (nSPS) is 17.8. The lowest BCUT2D eigenvalue weighted by molar-refractivity contribution is 0.223. The maximum Gasteiger partial charge on any atom is 0.000427 e. The summed E-state index contributed by atoms with van der Waals surface area (Å²) < 4.78 is 0. The fourth-order valence-electron chi connectivity index (χ4n) is 2.43. The van der Waals surface area contributed by atoms with Crippen LogP contribution < -0.4 is 5.32 Å². The fraction of sp³-hybridized carbons (Fsp3) is 1.00. The van der Waals surface area contributed by atoms with Gasteiger partial charge in [0.25, 0.3) is 0 Å². The van der Waals surface area contributed by atoms with Crippen LogP contribution in [0.25, 0.3) is 0 Å². The van der Waals surface area contributed by atoms with Crippen LogP contribution in [0, 0.1) is 11.8 Å². The number of piperidine rings is 1. The topological polar surface area (TPSA) is 15.3 Å². The van der Waals surface area contributed by atoms with E-state index in [9.17, 15) is 0 Å². The van der Waals surface area contributed by atoms with E-state index in [-0.39, 0.29) is 12.4 Å². The first kappa shape index (κ1) is 16.2. The Kier molecular flexibility index (Phi) is 9.38. The van der Waals surface area contributed by atoms with Gasteiger partial charge >= 0.3 is 0 Å². The van der Waals surface area contributed by atoms with Gasteiger partial charge in [0.1, 0.15) is 0 Å². The SMILES string of the molecule is CCN(CCC1CCNCC1)CC(C)C.Cl. The van der Waals surface area contributed by atoms with Gasteiger partial charge in [-0.3, -0.25) is 0 Å². The molecule has 0 amide bonds. The number of nitrogens with one attached hydrogen (secondary N) is 1. The van der Waals surface area contributed by atoms with Crippen LogP contribution in [0.15, 0.2) is 0 Å². The molecule has 0 saturated carbocycles. The van der Waals surface area contributed by atoms with Crippen molar-refractivity contribution < 1.29 is 0 Å². The number of halogens is 1. The molecule has 1 saturated heterocycles. The summed E-state index contributed by atoms with van der Waals surface area (Å²) in [6.07, 6.45) is 4.18. The summed E-state index contributed by atoms with van der Waals surface area (Å²) in [5.41, 5.74) is 0. The molecule has 1 aliphatic heterocycles. The summed E-state index contributed by atoms with van der Waals surface area (Å²) in [6.45, 7) is 13.2. The van der Waals surface area contributed by atoms with Crippen LogP contribution in [0.1, 0.15) is 40.0 Å². The molecule has 0 spiro atoms. The van der Waals surface area contributed by atoms with Crippen LogP contribution in [0.5, 0.6) is 0 Å². The largest absolute Gasteiger partial charge is 0.317 e. The zero-order valence-electron chi connectivity index (χ0n) is 11.2. The molecule has 0 atom stereocenters. The first-order valence-electron chi connectivity index (χ1n) is 6.65. The van der Waals surface area contributed by atoms with E-state index in [2.05, 4.69) is 31.0 Å². The maximum absolute atomic E-state index is 3.43. The minimum absolute atomic E-state index is 0. The summed E-state index contributed by atoms with van der Waals surface area (Å²) in [5.74, 6) is 1.78. The zero-order valence-corrected chi connectivity index (χ0v) is 12.0. The quantitative estimate of drug-likeness (QED) is 0.778. The highest BCUT2D eigenvalue weighted by Gasteiger charge is 2.14. The number of hydrogen-bond donors (Lipinski definition) is 1. The van der Waals surface area contributed by atoms with Gasteiger partial charge in [-0.1, -0.05) is 20.8 Å². The molecule has 2 nitrogen and oxygen atoms in total. The molecule has 0 aromatic heterocycles. The van der Waals surface area contributed by atoms with Crippen molar-refractivity contribution in [2.45, 2.75) is 40.0 Å². The number of rotatable bonds is 6. The summed E-state index contributed by atoms with van der Waals surface area (Å²) in [4.78, 5) is 2.60. The molecule has 98 valence electrons. The van der Waals surface area contributed by atoms with Crippen molar-refractivity contribution >= 4 is 12.4 Å². The Hall–Kier alpha value is 0.210. The van der Waals surface area contributed by atoms with E-state index in [0.717, 1.165) is 11.8 Å². The average molecular weight is 249 g/mol. The van der Waals surface area contributed by atoms with Gasteiger partial charge in [0.15, 0.2) is 0 Å². The third-order valence-corrected chi connectivity index (χ3v) is 3.38. The highest BCUT2D eigenvalue weighted by Crippen LogP contribution is 2.16. The van der Waals surface area contributed by atoms with Crippen LogP contribution in [-0.4, -0.2) is 37.6 Å². The molecule has 1 fully saturated rings. The summed E-state index contributed by atoms with van der Waals surface area (Å²) in [7, 11) is 0. The second-order valence-electron chi connectivity index (χ2n) is 5.27. The Morgan fingerprint density at radius 1 is 1.25 bits per heavy atom. The molecule has 1 rings (SSSR count). The highest BCUT2D eigenvalue weighted by molar-refractivity contribution is 5.85. The predicted octanol–water partition coefficient (Wildman–Crippen LogP) is 2.78. The van der Waals surface area contributed by atoms with Gasteiger partial charge < -0.3 is 10.2 Å². The van der Waals surface area contributed by atoms with Crippen LogP contribution in [0.4, 0.5) is 0 Å². The van der Waals surface area contributed by atoms with Crippen molar-refractivity contribution in [3.8, 4) is 0 Å². The molecule has 0 radical (unpaired) electrons. The lowest BCUT2D eigenvalue weighted by Gasteiger charge is -2.27. The lowest BCUT2D eigenvalue weighted by atomic mass is 9.94. The van der Waals surface area contributed by atoms with Gasteiger partial charge in [-0.15, -0.1) is 12.4 Å². The highest BCUT2D eigenvalue weighted by atomic mass is 35.5. The van der Waals surface area contributed by atoms with Gasteiger partial charge in [-0.2, -0.15) is 0 Å². The molecular formula is C13H29ClN2. The fourth-order valence-corrected chi connectivity index (χ4v) is 2.43. The lowest BCUT2D eigenvalue weighted by Crippen LogP contribution is -2.33. The van der Waals surface area contributed by atoms with Crippen LogP contribution in [-0.2, 0) is 0 Å². The van der Waals surface area contributed by atoms with Crippen molar-refractivity contribution in [1.29, 1.82) is 0 Å². The van der Waals surface area contributed by atoms with E-state index in [0.29, 0.717) is 0 Å². The third-order valence-electron chi connectivity index (χ3n) is 3.38. The van der Waals surface area contributed by atoms with Gasteiger partial charge in [0.05, 0.1) is 0 Å². The molecule has 1 N–H and O–H groups in total. The Labute approximate surface area is 108 Å². The standard InChI is InChI=1S/C13H28N2.ClH/c1-4-15(11-12(2)3)10-7-13-5-8-14-9-6-13;/h12-14H,4-11H2,1-3H3;1H. The molecule has 16 heavy (non-hydrogen) atoms. The summed E-state index contributed by atoms with van der Waals surface area (Å²) in [6, 6.07) is 0. The molecule has 1 heterocycles. The van der Waals surface area contributed by atoms with Gasteiger partial charge in [-0.25, -0.2) is 0 Å². The maximum atomic E-state index is 3.43. The Morgan fingerprint density at radius 3 is 2.38 bits per heavy atom. The summed E-state index contributed by atoms with van der Waals surface area (Å²) >= 11 is 0. The molecule has 0 bridgehead atoms. The average Bonchev–Trinajstić information content (AvgIpc) is 2.25. The third kappa shape index (κ3) is 6.72. The van der Waals surface area contributed by atoms with Crippen molar-refractivity contribution in [3.63, 3.8) is 0 Å². The van der Waals surface area contributed by atoms with E-state index in [1.54, 1.807) is 0 Å². The van der Waals surface area contributed by atoms with Crippen molar-refractivity contribution in [3.05, 3.63) is 0 Å². The first-order valence-corrected chi connectivity index (χ1v) is 6.65. The molecule has 0 aliphatic carbocycles. The van der Waals surface area contributed by atoms with E-state index in [1.165, 1.54) is 52.0 Å². The minimum atomic E-state index is 0. The number of hydrogen-bond acceptors (Lipinski definition) is 2. The monoisotopic (exact) mass is 248 g/mol. The van der Waals surface area contributed by atoms with Gasteiger partial charge in [0.2, 0.25) is 0 Å². The number of nitrogens with zero attached hydrogens (tertiary/aromatic N) is 1. The van der Waals surface area contributed by atoms with E-state index >= 15 is 0 Å². The van der Waals surface area contributed by atoms with Crippen molar-refractivity contribution in [1.82, 2.24) is 10.2 Å². The molecular weight excluding hydrogens is 220 g/mol. The van der Waals surface area contributed by atoms with Crippen LogP contribution in [0.2, 0.25) is 0 Å². The van der Waals surface area contributed by atoms with E-state index in [4.69, 9.17) is 0 Å².